The van der Waals surface area contributed by atoms with Crippen LogP contribution in [0.15, 0.2) is 48.8 Å². The van der Waals surface area contributed by atoms with Gasteiger partial charge in [-0.3, -0.25) is 14.7 Å². The lowest BCUT2D eigenvalue weighted by molar-refractivity contribution is -0.132. The van der Waals surface area contributed by atoms with E-state index in [2.05, 4.69) is 21.3 Å². The summed E-state index contributed by atoms with van der Waals surface area (Å²) >= 11 is 0. The summed E-state index contributed by atoms with van der Waals surface area (Å²) in [4.78, 5) is 21.5. The van der Waals surface area contributed by atoms with Crippen molar-refractivity contribution in [1.82, 2.24) is 14.8 Å². The number of amides is 1. The molecular formula is C21H25FN4O2. The number of nitrogens with one attached hydrogen (secondary N) is 1. The third-order valence-corrected chi connectivity index (χ3v) is 5.28. The number of nitrogens with zero attached hydrogens (tertiary/aromatic N) is 3. The van der Waals surface area contributed by atoms with Gasteiger partial charge < -0.3 is 15.0 Å². The second kappa shape index (κ2) is 8.67. The summed E-state index contributed by atoms with van der Waals surface area (Å²) in [5.41, 5.74) is 1.92. The van der Waals surface area contributed by atoms with Crippen LogP contribution in [0.4, 0.5) is 10.1 Å². The summed E-state index contributed by atoms with van der Waals surface area (Å²) in [6, 6.07) is 10.1. The Labute approximate surface area is 164 Å². The van der Waals surface area contributed by atoms with Crippen molar-refractivity contribution in [1.29, 1.82) is 0 Å². The van der Waals surface area contributed by atoms with E-state index < -0.39 is 0 Å². The van der Waals surface area contributed by atoms with Gasteiger partial charge in [-0.25, -0.2) is 4.39 Å². The normalized spacial score (nSPS) is 22.5. The molecule has 0 unspecified atom stereocenters. The third kappa shape index (κ3) is 4.66. The van der Waals surface area contributed by atoms with Gasteiger partial charge in [-0.05, 0) is 35.9 Å². The molecular weight excluding hydrogens is 359 g/mol. The first kappa shape index (κ1) is 18.8. The van der Waals surface area contributed by atoms with Gasteiger partial charge in [0.05, 0.1) is 25.8 Å². The minimum Gasteiger partial charge on any atom is -0.379 e. The Hall–Kier alpha value is -2.51. The molecule has 0 radical (unpaired) electrons. The van der Waals surface area contributed by atoms with Crippen LogP contribution in [-0.4, -0.2) is 66.1 Å². The van der Waals surface area contributed by atoms with Crippen LogP contribution in [0.25, 0.3) is 0 Å². The van der Waals surface area contributed by atoms with Crippen LogP contribution >= 0.6 is 0 Å². The Kier molecular flexibility index (Phi) is 5.83. The van der Waals surface area contributed by atoms with Crippen molar-refractivity contribution >= 4 is 11.6 Å². The van der Waals surface area contributed by atoms with Crippen LogP contribution in [0.3, 0.4) is 0 Å². The topological polar surface area (TPSA) is 57.7 Å². The summed E-state index contributed by atoms with van der Waals surface area (Å²) in [5.74, 6) is 0.0519. The van der Waals surface area contributed by atoms with E-state index in [1.54, 1.807) is 18.3 Å². The zero-order chi connectivity index (χ0) is 19.3. The van der Waals surface area contributed by atoms with Gasteiger partial charge in [-0.2, -0.15) is 0 Å². The van der Waals surface area contributed by atoms with Gasteiger partial charge in [0.15, 0.2) is 0 Å². The van der Waals surface area contributed by atoms with Crippen LogP contribution in [-0.2, 0) is 16.1 Å². The fourth-order valence-electron chi connectivity index (χ4n) is 3.97. The van der Waals surface area contributed by atoms with Gasteiger partial charge in [-0.1, -0.05) is 6.07 Å². The summed E-state index contributed by atoms with van der Waals surface area (Å²) in [6.45, 7) is 4.65. The first-order valence-electron chi connectivity index (χ1n) is 9.65. The highest BCUT2D eigenvalue weighted by molar-refractivity contribution is 5.81. The summed E-state index contributed by atoms with van der Waals surface area (Å²) < 4.78 is 18.9. The predicted molar refractivity (Wildman–Crippen MR) is 104 cm³/mol. The summed E-state index contributed by atoms with van der Waals surface area (Å²) in [6.07, 6.45) is 3.68. The maximum absolute atomic E-state index is 13.0. The van der Waals surface area contributed by atoms with Crippen molar-refractivity contribution in [3.63, 3.8) is 0 Å². The second-order valence-corrected chi connectivity index (χ2v) is 7.52. The van der Waals surface area contributed by atoms with E-state index in [4.69, 9.17) is 4.74 Å². The maximum Gasteiger partial charge on any atom is 0.242 e. The van der Waals surface area contributed by atoms with Crippen molar-refractivity contribution in [3.8, 4) is 0 Å². The van der Waals surface area contributed by atoms with E-state index >= 15 is 0 Å². The first-order valence-corrected chi connectivity index (χ1v) is 9.65. The highest BCUT2D eigenvalue weighted by atomic mass is 19.1. The number of carbonyl (C=O) groups is 1. The lowest BCUT2D eigenvalue weighted by Crippen LogP contribution is -2.48. The molecule has 2 saturated heterocycles. The number of hydrogen-bond donors (Lipinski definition) is 1. The number of ether oxygens (including phenoxy) is 1. The first-order chi connectivity index (χ1) is 13.7. The van der Waals surface area contributed by atoms with E-state index in [9.17, 15) is 9.18 Å². The number of aromatic nitrogens is 1. The Morgan fingerprint density at radius 2 is 2.04 bits per heavy atom. The Balaban J connectivity index is 1.40. The molecule has 1 aromatic carbocycles. The fourth-order valence-corrected chi connectivity index (χ4v) is 3.97. The number of halogens is 1. The average molecular weight is 384 g/mol. The van der Waals surface area contributed by atoms with Gasteiger partial charge in [0, 0.05) is 50.2 Å². The van der Waals surface area contributed by atoms with Crippen LogP contribution < -0.4 is 5.32 Å². The van der Waals surface area contributed by atoms with Gasteiger partial charge >= 0.3 is 0 Å². The molecule has 1 aromatic heterocycles. The molecule has 148 valence electrons. The molecule has 2 aliphatic heterocycles. The minimum absolute atomic E-state index is 0.0340. The Morgan fingerprint density at radius 3 is 2.82 bits per heavy atom. The van der Waals surface area contributed by atoms with Crippen LogP contribution in [0.5, 0.6) is 0 Å². The summed E-state index contributed by atoms with van der Waals surface area (Å²) in [7, 11) is 0. The zero-order valence-corrected chi connectivity index (χ0v) is 15.8. The van der Waals surface area contributed by atoms with E-state index in [0.717, 1.165) is 25.3 Å². The van der Waals surface area contributed by atoms with Gasteiger partial charge in [0.25, 0.3) is 0 Å². The number of benzene rings is 1. The standard InChI is InChI=1S/C21H25FN4O2/c22-18-3-5-19(6-4-18)24-9-21(27)26-12-17-11-25(13-20(26)15-28-14-17)10-16-2-1-7-23-8-16/h1-8,17,20,24H,9-15H2/t17-,20-/m0/s1. The van der Waals surface area contributed by atoms with Crippen LogP contribution in [0, 0.1) is 11.7 Å². The number of rotatable bonds is 5. The van der Waals surface area contributed by atoms with Crippen molar-refractivity contribution in [3.05, 3.63) is 60.2 Å². The van der Waals surface area contributed by atoms with Crippen molar-refractivity contribution in [2.24, 2.45) is 5.92 Å². The van der Waals surface area contributed by atoms with Crippen LogP contribution in [0.2, 0.25) is 0 Å². The number of fused-ring (bicyclic) bond motifs is 3. The molecule has 4 rings (SSSR count). The largest absolute Gasteiger partial charge is 0.379 e. The molecule has 2 aromatic rings. The number of anilines is 1. The Morgan fingerprint density at radius 1 is 1.18 bits per heavy atom. The SMILES string of the molecule is O=C(CNc1ccc(F)cc1)N1C[C@H]2COC[C@@H]1CN(Cc1cccnc1)C2. The molecule has 0 saturated carbocycles. The van der Waals surface area contributed by atoms with Crippen molar-refractivity contribution < 1.29 is 13.9 Å². The molecule has 2 fully saturated rings. The molecule has 1 N–H and O–H groups in total. The van der Waals surface area contributed by atoms with E-state index in [0.29, 0.717) is 25.7 Å². The zero-order valence-electron chi connectivity index (χ0n) is 15.8. The fraction of sp³-hybridized carbons (Fsp3) is 0.429. The minimum atomic E-state index is -0.288. The van der Waals surface area contributed by atoms with Crippen LogP contribution in [0.1, 0.15) is 5.56 Å². The van der Waals surface area contributed by atoms with Gasteiger partial charge in [-0.15, -0.1) is 0 Å². The van der Waals surface area contributed by atoms with Crippen molar-refractivity contribution in [2.45, 2.75) is 12.6 Å². The monoisotopic (exact) mass is 384 g/mol. The quantitative estimate of drug-likeness (QED) is 0.855. The molecule has 2 bridgehead atoms. The molecule has 2 aliphatic rings. The molecule has 6 nitrogen and oxygen atoms in total. The van der Waals surface area contributed by atoms with Gasteiger partial charge in [0.2, 0.25) is 5.91 Å². The third-order valence-electron chi connectivity index (χ3n) is 5.28. The number of pyridine rings is 1. The lowest BCUT2D eigenvalue weighted by Gasteiger charge is -2.31. The highest BCUT2D eigenvalue weighted by Gasteiger charge is 2.35. The van der Waals surface area contributed by atoms with Gasteiger partial charge in [0.1, 0.15) is 5.82 Å². The second-order valence-electron chi connectivity index (χ2n) is 7.52. The molecule has 0 spiro atoms. The molecule has 28 heavy (non-hydrogen) atoms. The molecule has 3 heterocycles. The molecule has 2 atom stereocenters. The predicted octanol–water partition coefficient (Wildman–Crippen LogP) is 1.99. The van der Waals surface area contributed by atoms with Crippen molar-refractivity contribution in [2.75, 3.05) is 44.7 Å². The van der Waals surface area contributed by atoms with E-state index in [1.165, 1.54) is 17.7 Å². The van der Waals surface area contributed by atoms with E-state index in [1.807, 2.05) is 17.2 Å². The molecule has 0 aliphatic carbocycles. The maximum atomic E-state index is 13.0. The lowest BCUT2D eigenvalue weighted by atomic mass is 10.1. The molecule has 7 heteroatoms. The average Bonchev–Trinajstić information content (AvgIpc) is 2.99. The Bertz CT molecular complexity index is 787. The smallest absolute Gasteiger partial charge is 0.242 e. The van der Waals surface area contributed by atoms with E-state index in [-0.39, 0.29) is 24.3 Å². The number of carbonyl (C=O) groups excluding carboxylic acids is 1. The summed E-state index contributed by atoms with van der Waals surface area (Å²) in [5, 5.41) is 3.10. The highest BCUT2D eigenvalue weighted by Crippen LogP contribution is 2.21. The molecule has 1 amide bonds. The number of hydrogen-bond acceptors (Lipinski definition) is 5.